The van der Waals surface area contributed by atoms with Gasteiger partial charge in [-0.05, 0) is 74.3 Å². The van der Waals surface area contributed by atoms with E-state index in [0.29, 0.717) is 11.5 Å². The average molecular weight is 600 g/mol. The summed E-state index contributed by atoms with van der Waals surface area (Å²) in [6, 6.07) is 10.2. The summed E-state index contributed by atoms with van der Waals surface area (Å²) in [5, 5.41) is -0.0286. The predicted octanol–water partition coefficient (Wildman–Crippen LogP) is 5.72. The molecule has 1 saturated heterocycles. The molecule has 1 N–H and O–H groups in total. The Balaban J connectivity index is 1.49. The van der Waals surface area contributed by atoms with Gasteiger partial charge in [-0.25, -0.2) is 13.1 Å². The lowest BCUT2D eigenvalue weighted by Crippen LogP contribution is -2.64. The Hall–Kier alpha value is -2.21. The van der Waals surface area contributed by atoms with Crippen LogP contribution in [0.5, 0.6) is 11.5 Å². The zero-order valence-electron chi connectivity index (χ0n) is 25.1. The molecule has 2 heterocycles. The third-order valence-corrected chi connectivity index (χ3v) is 15.3. The molecule has 4 aliphatic rings. The van der Waals surface area contributed by atoms with Crippen molar-refractivity contribution in [3.05, 3.63) is 59.2 Å². The Morgan fingerprint density at radius 2 is 1.63 bits per heavy atom. The molecule has 10 heteroatoms. The summed E-state index contributed by atoms with van der Waals surface area (Å²) in [6.07, 6.45) is 2.87. The van der Waals surface area contributed by atoms with E-state index in [9.17, 15) is 8.42 Å². The smallest absolute Gasteiger partial charge is 0.240 e. The van der Waals surface area contributed by atoms with Crippen LogP contribution in [-0.4, -0.2) is 53.7 Å². The van der Waals surface area contributed by atoms with Gasteiger partial charge in [0.05, 0.1) is 17.0 Å². The number of hydrogen-bond donors (Lipinski definition) is 1. The van der Waals surface area contributed by atoms with Gasteiger partial charge in [0.1, 0.15) is 12.2 Å². The number of rotatable bonds is 5. The molecule has 222 valence electrons. The summed E-state index contributed by atoms with van der Waals surface area (Å²) in [5.74, 6) is -0.0223. The minimum absolute atomic E-state index is 0.0286. The van der Waals surface area contributed by atoms with Gasteiger partial charge < -0.3 is 23.4 Å². The van der Waals surface area contributed by atoms with Crippen molar-refractivity contribution in [1.29, 1.82) is 0 Å². The van der Waals surface area contributed by atoms with Gasteiger partial charge in [0.25, 0.3) is 0 Å². The number of sulfonamides is 1. The van der Waals surface area contributed by atoms with Crippen molar-refractivity contribution in [2.45, 2.75) is 101 Å². The van der Waals surface area contributed by atoms with E-state index >= 15 is 0 Å². The maximum absolute atomic E-state index is 13.9. The summed E-state index contributed by atoms with van der Waals surface area (Å²) in [4.78, 5) is 0.214. The van der Waals surface area contributed by atoms with Gasteiger partial charge in [0.2, 0.25) is 16.8 Å². The quantitative estimate of drug-likeness (QED) is 0.440. The number of ether oxygens (including phenoxy) is 4. The molecule has 0 bridgehead atoms. The predicted molar refractivity (Wildman–Crippen MR) is 159 cm³/mol. The van der Waals surface area contributed by atoms with Gasteiger partial charge in [-0.15, -0.1) is 0 Å². The minimum Gasteiger partial charge on any atom is -0.454 e. The van der Waals surface area contributed by atoms with Crippen molar-refractivity contribution < 1.29 is 31.8 Å². The fraction of sp³-hybridized carbons (Fsp3) is 0.548. The van der Waals surface area contributed by atoms with Crippen LogP contribution < -0.4 is 14.2 Å². The Morgan fingerprint density at radius 3 is 2.29 bits per heavy atom. The van der Waals surface area contributed by atoms with Gasteiger partial charge in [-0.3, -0.25) is 0 Å². The molecular weight excluding hydrogens is 558 g/mol. The zero-order chi connectivity index (χ0) is 29.5. The molecule has 1 unspecified atom stereocenters. The van der Waals surface area contributed by atoms with Crippen LogP contribution in [0.2, 0.25) is 18.1 Å². The second-order valence-corrected chi connectivity index (χ2v) is 20.1. The van der Waals surface area contributed by atoms with Crippen molar-refractivity contribution in [2.75, 3.05) is 6.79 Å². The van der Waals surface area contributed by atoms with E-state index < -0.39 is 42.4 Å². The van der Waals surface area contributed by atoms with E-state index in [1.165, 1.54) is 0 Å². The molecule has 41 heavy (non-hydrogen) atoms. The van der Waals surface area contributed by atoms with Crippen LogP contribution in [0.3, 0.4) is 0 Å². The number of benzene rings is 2. The van der Waals surface area contributed by atoms with Crippen LogP contribution in [0.1, 0.15) is 57.2 Å². The lowest BCUT2D eigenvalue weighted by atomic mass is 9.65. The van der Waals surface area contributed by atoms with E-state index in [2.05, 4.69) is 50.7 Å². The molecule has 6 rings (SSSR count). The first-order chi connectivity index (χ1) is 19.1. The number of fused-ring (bicyclic) bond motifs is 5. The summed E-state index contributed by atoms with van der Waals surface area (Å²) < 4.78 is 62.6. The largest absolute Gasteiger partial charge is 0.454 e. The lowest BCUT2D eigenvalue weighted by molar-refractivity contribution is -0.154. The van der Waals surface area contributed by atoms with Crippen molar-refractivity contribution in [3.63, 3.8) is 0 Å². The van der Waals surface area contributed by atoms with Crippen LogP contribution >= 0.6 is 0 Å². The third kappa shape index (κ3) is 5.06. The van der Waals surface area contributed by atoms with Crippen LogP contribution in [0, 0.1) is 12.8 Å². The van der Waals surface area contributed by atoms with Gasteiger partial charge in [0, 0.05) is 11.8 Å². The summed E-state index contributed by atoms with van der Waals surface area (Å²) >= 11 is 0. The molecule has 2 aromatic rings. The SMILES string of the molecule is Cc1ccc(S(=O)(=O)N[C@@H]2C3c4cc5c(cc4C=C[C@H]3[C@H](O[Si](C)(C)C(C)(C)C)[C@H]3OC(C)(C)O[C@H]32)OCO5)cc1. The number of nitrogens with one attached hydrogen (secondary N) is 1. The van der Waals surface area contributed by atoms with Crippen LogP contribution in [-0.2, 0) is 23.9 Å². The van der Waals surface area contributed by atoms with Gasteiger partial charge in [0.15, 0.2) is 25.6 Å². The molecule has 0 radical (unpaired) electrons. The summed E-state index contributed by atoms with van der Waals surface area (Å²) in [5.41, 5.74) is 2.94. The van der Waals surface area contributed by atoms with Gasteiger partial charge in [-0.1, -0.05) is 50.6 Å². The molecule has 1 saturated carbocycles. The second-order valence-electron chi connectivity index (χ2n) is 13.7. The van der Waals surface area contributed by atoms with Crippen LogP contribution in [0.4, 0.5) is 0 Å². The monoisotopic (exact) mass is 599 g/mol. The number of aryl methyl sites for hydroxylation is 1. The highest BCUT2D eigenvalue weighted by atomic mass is 32.2. The molecular formula is C31H41NO7SSi. The topological polar surface area (TPSA) is 92.3 Å². The first kappa shape index (κ1) is 28.9. The minimum atomic E-state index is -3.89. The van der Waals surface area contributed by atoms with Crippen LogP contribution in [0.15, 0.2) is 47.4 Å². The molecule has 6 atom stereocenters. The first-order valence-electron chi connectivity index (χ1n) is 14.3. The van der Waals surface area contributed by atoms with E-state index in [0.717, 1.165) is 16.7 Å². The molecule has 0 aromatic heterocycles. The molecule has 2 aliphatic heterocycles. The molecule has 0 amide bonds. The lowest BCUT2D eigenvalue weighted by Gasteiger charge is -2.51. The van der Waals surface area contributed by atoms with E-state index in [4.69, 9.17) is 23.4 Å². The van der Waals surface area contributed by atoms with Crippen molar-refractivity contribution >= 4 is 24.4 Å². The van der Waals surface area contributed by atoms with Crippen LogP contribution in [0.25, 0.3) is 6.08 Å². The Morgan fingerprint density at radius 1 is 1.00 bits per heavy atom. The molecule has 2 aromatic carbocycles. The van der Waals surface area contributed by atoms with E-state index in [1.54, 1.807) is 12.1 Å². The molecule has 2 aliphatic carbocycles. The fourth-order valence-corrected chi connectivity index (χ4v) is 8.83. The highest BCUT2D eigenvalue weighted by Crippen LogP contribution is 2.54. The van der Waals surface area contributed by atoms with Gasteiger partial charge >= 0.3 is 0 Å². The standard InChI is InChI=1S/C31H41NO7SSi/c1-18-9-12-20(13-10-18)40(33,34)32-26-25-21(14-11-19-15-23-24(16-22(19)25)36-17-35-23)27(39-41(7,8)30(2,3)4)29-28(26)37-31(5,6)38-29/h9-16,21,25-29,32H,17H2,1-8H3/t21-,25?,26-,27+,28+,29-/m1/s1. The molecule has 8 nitrogen and oxygen atoms in total. The van der Waals surface area contributed by atoms with E-state index in [1.807, 2.05) is 45.0 Å². The average Bonchev–Trinajstić information content (AvgIpc) is 3.46. The second kappa shape index (κ2) is 9.65. The van der Waals surface area contributed by atoms with Crippen molar-refractivity contribution in [3.8, 4) is 11.5 Å². The first-order valence-corrected chi connectivity index (χ1v) is 18.7. The maximum Gasteiger partial charge on any atom is 0.240 e. The maximum atomic E-state index is 13.9. The van der Waals surface area contributed by atoms with Crippen molar-refractivity contribution in [1.82, 2.24) is 4.72 Å². The highest BCUT2D eigenvalue weighted by Gasteiger charge is 2.61. The highest BCUT2D eigenvalue weighted by molar-refractivity contribution is 7.89. The summed E-state index contributed by atoms with van der Waals surface area (Å²) in [6.45, 7) is 17.0. The third-order valence-electron chi connectivity index (χ3n) is 9.32. The molecule has 0 spiro atoms. The Kier molecular flexibility index (Phi) is 6.80. The summed E-state index contributed by atoms with van der Waals surface area (Å²) in [7, 11) is -6.15. The normalized spacial score (nSPS) is 30.0. The Labute approximate surface area is 244 Å². The van der Waals surface area contributed by atoms with E-state index in [-0.39, 0.29) is 34.7 Å². The Bertz CT molecular complexity index is 1480. The fourth-order valence-electron chi connectivity index (χ4n) is 6.23. The molecule has 2 fully saturated rings. The van der Waals surface area contributed by atoms with Crippen molar-refractivity contribution in [2.24, 2.45) is 5.92 Å². The number of hydrogen-bond acceptors (Lipinski definition) is 7. The van der Waals surface area contributed by atoms with Gasteiger partial charge in [-0.2, -0.15) is 0 Å². The zero-order valence-corrected chi connectivity index (χ0v) is 26.9.